The maximum atomic E-state index is 6.75. The molecule has 0 fully saturated rings. The Morgan fingerprint density at radius 3 is 0.926 bits per heavy atom. The smallest absolute Gasteiger partial charge is 0.665 e. The zero-order chi connectivity index (χ0) is 21.4. The van der Waals surface area contributed by atoms with Gasteiger partial charge in [-0.1, -0.05) is 0 Å². The summed E-state index contributed by atoms with van der Waals surface area (Å²) in [4.78, 5) is 1.50. The third-order valence-electron chi connectivity index (χ3n) is 3.89. The third kappa shape index (κ3) is 14.7. The first-order chi connectivity index (χ1) is 11.4. The van der Waals surface area contributed by atoms with Gasteiger partial charge in [-0.3, -0.25) is 4.91 Å². The van der Waals surface area contributed by atoms with Gasteiger partial charge in [-0.2, -0.15) is 0 Å². The Morgan fingerprint density at radius 1 is 0.593 bits per heavy atom. The van der Waals surface area contributed by atoms with Crippen LogP contribution in [0.15, 0.2) is 24.0 Å². The molecular formula is C20H42N4P2Pt+2. The summed E-state index contributed by atoms with van der Waals surface area (Å²) in [5.41, 5.74) is 13.5. The summed E-state index contributed by atoms with van der Waals surface area (Å²) in [5, 5.41) is 6.00. The number of hydrogen-bond donors (Lipinski definition) is 0. The van der Waals surface area contributed by atoms with Gasteiger partial charge in [-0.05, 0) is 83.1 Å². The molecular weight excluding hydrogens is 553 g/mol. The molecule has 0 rings (SSSR count). The quantitative estimate of drug-likeness (QED) is 0.135. The first-order valence-corrected chi connectivity index (χ1v) is 12.3. The Balaban J connectivity index is -0.00000134. The molecule has 0 saturated heterocycles. The minimum atomic E-state index is -0.632. The van der Waals surface area contributed by atoms with Crippen molar-refractivity contribution in [1.82, 2.24) is 0 Å². The van der Waals surface area contributed by atoms with Crippen LogP contribution in [0.1, 0.15) is 83.1 Å². The van der Waals surface area contributed by atoms with Crippen LogP contribution in [0.25, 0.3) is 21.3 Å². The fraction of sp³-hybridized carbons (Fsp3) is 0.800. The molecule has 0 aromatic carbocycles. The molecule has 160 valence electrons. The molecule has 27 heavy (non-hydrogen) atoms. The molecule has 0 aromatic rings. The summed E-state index contributed by atoms with van der Waals surface area (Å²) in [6, 6.07) is 0. The average Bonchev–Trinajstić information content (AvgIpc) is 2.31. The Labute approximate surface area is 185 Å². The Bertz CT molecular complexity index is 430. The van der Waals surface area contributed by atoms with Crippen molar-refractivity contribution in [2.45, 2.75) is 104 Å². The molecule has 0 radical (unpaired) electrons. The van der Waals surface area contributed by atoms with Gasteiger partial charge in [0.25, 0.3) is 0 Å². The van der Waals surface area contributed by atoms with E-state index in [9.17, 15) is 0 Å². The first kappa shape index (κ1) is 31.8. The van der Waals surface area contributed by atoms with Crippen molar-refractivity contribution >= 4 is 15.8 Å². The first-order valence-electron chi connectivity index (χ1n) is 9.16. The SMILES string of the molecule is CC(C)(C)[PH+](/C=C\[N-]/C=C\[PH+](C(C)(C)C)C(C)(C)C)C(C)(C)C.[N-]=[N+]=[N-].[Pt+2]. The summed E-state index contributed by atoms with van der Waals surface area (Å²) >= 11 is 0. The molecule has 0 saturated carbocycles. The van der Waals surface area contributed by atoms with Crippen molar-refractivity contribution in [2.24, 2.45) is 0 Å². The molecule has 0 aliphatic heterocycles. The number of rotatable bonds is 4. The minimum Gasteiger partial charge on any atom is -0.665 e. The van der Waals surface area contributed by atoms with E-state index in [0.717, 1.165) is 0 Å². The van der Waals surface area contributed by atoms with Crippen LogP contribution in [0, 0.1) is 0 Å². The van der Waals surface area contributed by atoms with Gasteiger partial charge in [-0.25, -0.2) is 0 Å². The average molecular weight is 596 g/mol. The second-order valence-electron chi connectivity index (χ2n) is 10.7. The van der Waals surface area contributed by atoms with Crippen molar-refractivity contribution in [3.8, 4) is 0 Å². The normalized spacial score (nSPS) is 13.4. The molecule has 0 bridgehead atoms. The van der Waals surface area contributed by atoms with E-state index in [1.54, 1.807) is 0 Å². The van der Waals surface area contributed by atoms with Crippen LogP contribution < -0.4 is 0 Å². The second-order valence-corrected chi connectivity index (χ2v) is 19.0. The van der Waals surface area contributed by atoms with Gasteiger partial charge in [0.05, 0.1) is 20.6 Å². The molecule has 0 N–H and O–H groups in total. The zero-order valence-corrected chi connectivity index (χ0v) is 23.7. The molecule has 0 atom stereocenters. The maximum absolute atomic E-state index is 6.75. The van der Waals surface area contributed by atoms with Crippen LogP contribution in [0.4, 0.5) is 0 Å². The van der Waals surface area contributed by atoms with Gasteiger partial charge in [0.1, 0.15) is 0 Å². The van der Waals surface area contributed by atoms with Crippen LogP contribution in [-0.4, -0.2) is 20.6 Å². The summed E-state index contributed by atoms with van der Waals surface area (Å²) in [6.45, 7) is 28.3. The molecule has 4 nitrogen and oxygen atoms in total. The van der Waals surface area contributed by atoms with Crippen molar-refractivity contribution in [2.75, 3.05) is 0 Å². The minimum absolute atomic E-state index is 0. The van der Waals surface area contributed by atoms with Gasteiger partial charge in [0.2, 0.25) is 0 Å². The van der Waals surface area contributed by atoms with Crippen molar-refractivity contribution in [3.63, 3.8) is 0 Å². The Kier molecular flexibility index (Phi) is 14.9. The molecule has 0 unspecified atom stereocenters. The van der Waals surface area contributed by atoms with E-state index in [1.165, 1.54) is 4.91 Å². The monoisotopic (exact) mass is 595 g/mol. The Hall–Kier alpha value is 0.138. The molecule has 0 aliphatic carbocycles. The molecule has 0 heterocycles. The van der Waals surface area contributed by atoms with Crippen molar-refractivity contribution < 1.29 is 21.1 Å². The molecule has 0 aromatic heterocycles. The van der Waals surface area contributed by atoms with Crippen LogP contribution in [0.5, 0.6) is 0 Å². The summed E-state index contributed by atoms with van der Waals surface area (Å²) in [7, 11) is -1.26. The topological polar surface area (TPSA) is 72.8 Å². The zero-order valence-electron chi connectivity index (χ0n) is 19.4. The van der Waals surface area contributed by atoms with E-state index < -0.39 is 15.8 Å². The summed E-state index contributed by atoms with van der Waals surface area (Å²) in [5.74, 6) is 4.77. The van der Waals surface area contributed by atoms with Crippen molar-refractivity contribution in [1.29, 1.82) is 0 Å². The number of nitrogens with zero attached hydrogens (tertiary/aromatic N) is 4. The largest absolute Gasteiger partial charge is 2.00 e. The standard InChI is InChI=1S/C20H40NP2.N3.Pt/c1-17(2,3)22(18(4,5)6)15-13-21-14-16-23(19(7,8)9)20(10,11)12;1-3-2;/h13-16H,1-12H3;;/q2*-1;+2/p+2/b15-13-,16-14-;;. The van der Waals surface area contributed by atoms with E-state index in [2.05, 4.69) is 100 Å². The summed E-state index contributed by atoms with van der Waals surface area (Å²) in [6.07, 6.45) is 4.10. The van der Waals surface area contributed by atoms with Crippen LogP contribution in [0.3, 0.4) is 0 Å². The van der Waals surface area contributed by atoms with Crippen LogP contribution in [-0.2, 0) is 21.1 Å². The van der Waals surface area contributed by atoms with Gasteiger partial charge in [-0.15, -0.1) is 12.4 Å². The second kappa shape index (κ2) is 12.6. The fourth-order valence-electron chi connectivity index (χ4n) is 3.53. The molecule has 0 amide bonds. The van der Waals surface area contributed by atoms with Gasteiger partial charge in [0.15, 0.2) is 0 Å². The van der Waals surface area contributed by atoms with Crippen LogP contribution >= 0.6 is 15.8 Å². The van der Waals surface area contributed by atoms with E-state index in [-0.39, 0.29) is 21.1 Å². The Morgan fingerprint density at radius 2 is 0.778 bits per heavy atom. The van der Waals surface area contributed by atoms with Gasteiger partial charge in [0, 0.05) is 27.5 Å². The third-order valence-corrected chi connectivity index (χ3v) is 11.3. The van der Waals surface area contributed by atoms with E-state index in [4.69, 9.17) is 11.1 Å². The fourth-order valence-corrected chi connectivity index (χ4v) is 10.5. The molecule has 0 aliphatic rings. The van der Waals surface area contributed by atoms with E-state index in [0.29, 0.717) is 20.6 Å². The van der Waals surface area contributed by atoms with Gasteiger partial charge < -0.3 is 16.4 Å². The predicted molar refractivity (Wildman–Crippen MR) is 127 cm³/mol. The van der Waals surface area contributed by atoms with E-state index >= 15 is 0 Å². The van der Waals surface area contributed by atoms with Gasteiger partial charge >= 0.3 is 21.1 Å². The summed E-state index contributed by atoms with van der Waals surface area (Å²) < 4.78 is 0. The maximum Gasteiger partial charge on any atom is 2.00 e. The molecule has 0 spiro atoms. The van der Waals surface area contributed by atoms with E-state index in [1.807, 2.05) is 12.4 Å². The predicted octanol–water partition coefficient (Wildman–Crippen LogP) is 8.79. The molecule has 7 heteroatoms. The van der Waals surface area contributed by atoms with Crippen LogP contribution in [0.2, 0.25) is 0 Å². The number of hydrogen-bond acceptors (Lipinski definition) is 0. The van der Waals surface area contributed by atoms with Crippen molar-refractivity contribution in [3.05, 3.63) is 45.3 Å².